The molecule has 106 valence electrons. The SMILES string of the molecule is CCCC1(CN2CC(C)N(C)C(C)C2)CCCN1. The second-order valence-corrected chi connectivity index (χ2v) is 6.62. The molecule has 1 N–H and O–H groups in total. The van der Waals surface area contributed by atoms with Gasteiger partial charge in [0.05, 0.1) is 0 Å². The van der Waals surface area contributed by atoms with E-state index in [1.165, 1.54) is 51.9 Å². The van der Waals surface area contributed by atoms with E-state index in [9.17, 15) is 0 Å². The molecule has 0 aliphatic carbocycles. The quantitative estimate of drug-likeness (QED) is 0.826. The van der Waals surface area contributed by atoms with E-state index in [-0.39, 0.29) is 0 Å². The first kappa shape index (κ1) is 14.3. The molecule has 2 aliphatic rings. The smallest absolute Gasteiger partial charge is 0.0309 e. The molecule has 2 fully saturated rings. The van der Waals surface area contributed by atoms with E-state index >= 15 is 0 Å². The van der Waals surface area contributed by atoms with Crippen LogP contribution in [0.3, 0.4) is 0 Å². The minimum Gasteiger partial charge on any atom is -0.310 e. The zero-order chi connectivity index (χ0) is 13.2. The van der Waals surface area contributed by atoms with E-state index in [4.69, 9.17) is 0 Å². The predicted octanol–water partition coefficient (Wildman–Crippen LogP) is 1.93. The summed E-state index contributed by atoms with van der Waals surface area (Å²) in [5.41, 5.74) is 0.421. The van der Waals surface area contributed by atoms with Gasteiger partial charge in [-0.1, -0.05) is 13.3 Å². The van der Waals surface area contributed by atoms with Gasteiger partial charge in [-0.25, -0.2) is 0 Å². The molecule has 0 amide bonds. The van der Waals surface area contributed by atoms with Crippen molar-refractivity contribution in [2.24, 2.45) is 0 Å². The van der Waals surface area contributed by atoms with Gasteiger partial charge in [0.15, 0.2) is 0 Å². The third-order valence-corrected chi connectivity index (χ3v) is 5.02. The van der Waals surface area contributed by atoms with Crippen LogP contribution in [0.15, 0.2) is 0 Å². The average Bonchev–Trinajstić information content (AvgIpc) is 2.75. The highest BCUT2D eigenvalue weighted by Crippen LogP contribution is 2.27. The first-order chi connectivity index (χ1) is 8.56. The van der Waals surface area contributed by atoms with Crippen LogP contribution in [0.5, 0.6) is 0 Å². The number of nitrogens with zero attached hydrogens (tertiary/aromatic N) is 2. The van der Waals surface area contributed by atoms with Gasteiger partial charge in [-0.2, -0.15) is 0 Å². The standard InChI is InChI=1S/C15H31N3/c1-5-7-15(8-6-9-16-15)12-18-10-13(2)17(4)14(3)11-18/h13-14,16H,5-12H2,1-4H3. The Morgan fingerprint density at radius 2 is 1.89 bits per heavy atom. The monoisotopic (exact) mass is 253 g/mol. The molecule has 3 heteroatoms. The summed E-state index contributed by atoms with van der Waals surface area (Å²) in [5.74, 6) is 0. The maximum absolute atomic E-state index is 3.80. The molecule has 0 aromatic rings. The van der Waals surface area contributed by atoms with E-state index in [0.717, 1.165) is 0 Å². The molecule has 3 unspecified atom stereocenters. The second-order valence-electron chi connectivity index (χ2n) is 6.62. The number of rotatable bonds is 4. The first-order valence-electron chi connectivity index (χ1n) is 7.75. The Kier molecular flexibility index (Phi) is 4.68. The largest absolute Gasteiger partial charge is 0.310 e. The maximum Gasteiger partial charge on any atom is 0.0309 e. The number of hydrogen-bond donors (Lipinski definition) is 1. The summed E-state index contributed by atoms with van der Waals surface area (Å²) >= 11 is 0. The third kappa shape index (κ3) is 3.06. The Labute approximate surface area is 113 Å². The van der Waals surface area contributed by atoms with Crippen molar-refractivity contribution < 1.29 is 0 Å². The molecule has 0 bridgehead atoms. The van der Waals surface area contributed by atoms with Crippen LogP contribution in [0.4, 0.5) is 0 Å². The second kappa shape index (κ2) is 5.89. The fourth-order valence-corrected chi connectivity index (χ4v) is 3.85. The predicted molar refractivity (Wildman–Crippen MR) is 78.0 cm³/mol. The first-order valence-corrected chi connectivity index (χ1v) is 7.75. The number of likely N-dealkylation sites (N-methyl/N-ethyl adjacent to an activating group) is 1. The molecular formula is C15H31N3. The maximum atomic E-state index is 3.80. The molecule has 0 aromatic heterocycles. The molecule has 2 heterocycles. The van der Waals surface area contributed by atoms with Crippen molar-refractivity contribution in [3.05, 3.63) is 0 Å². The zero-order valence-electron chi connectivity index (χ0n) is 12.7. The van der Waals surface area contributed by atoms with Gasteiger partial charge in [0.25, 0.3) is 0 Å². The van der Waals surface area contributed by atoms with Crippen LogP contribution in [-0.2, 0) is 0 Å². The summed E-state index contributed by atoms with van der Waals surface area (Å²) in [5, 5.41) is 3.80. The molecule has 2 saturated heterocycles. The van der Waals surface area contributed by atoms with Crippen LogP contribution in [0, 0.1) is 0 Å². The van der Waals surface area contributed by atoms with Crippen LogP contribution in [-0.4, -0.2) is 60.6 Å². The Hall–Kier alpha value is -0.120. The summed E-state index contributed by atoms with van der Waals surface area (Å²) in [6.07, 6.45) is 5.36. The molecule has 0 saturated carbocycles. The van der Waals surface area contributed by atoms with Crippen LogP contribution >= 0.6 is 0 Å². The molecule has 0 spiro atoms. The van der Waals surface area contributed by atoms with Gasteiger partial charge >= 0.3 is 0 Å². The lowest BCUT2D eigenvalue weighted by Gasteiger charge is -2.45. The topological polar surface area (TPSA) is 18.5 Å². The van der Waals surface area contributed by atoms with Gasteiger partial charge in [0.2, 0.25) is 0 Å². The molecule has 2 aliphatic heterocycles. The van der Waals surface area contributed by atoms with Gasteiger partial charge in [-0.3, -0.25) is 9.80 Å². The van der Waals surface area contributed by atoms with Gasteiger partial charge in [0, 0.05) is 37.3 Å². The summed E-state index contributed by atoms with van der Waals surface area (Å²) in [6.45, 7) is 12.0. The third-order valence-electron chi connectivity index (χ3n) is 5.02. The molecule has 3 nitrogen and oxygen atoms in total. The Morgan fingerprint density at radius 3 is 2.39 bits per heavy atom. The molecule has 0 aromatic carbocycles. The zero-order valence-corrected chi connectivity index (χ0v) is 12.7. The van der Waals surface area contributed by atoms with Crippen molar-refractivity contribution in [3.8, 4) is 0 Å². The molecule has 18 heavy (non-hydrogen) atoms. The lowest BCUT2D eigenvalue weighted by atomic mass is 9.90. The number of nitrogens with one attached hydrogen (secondary N) is 1. The summed E-state index contributed by atoms with van der Waals surface area (Å²) in [7, 11) is 2.27. The van der Waals surface area contributed by atoms with Gasteiger partial charge in [-0.05, 0) is 46.7 Å². The van der Waals surface area contributed by atoms with Crippen molar-refractivity contribution in [2.45, 2.75) is 64.1 Å². The highest BCUT2D eigenvalue weighted by atomic mass is 15.3. The van der Waals surface area contributed by atoms with Gasteiger partial charge in [0.1, 0.15) is 0 Å². The van der Waals surface area contributed by atoms with Crippen LogP contribution < -0.4 is 5.32 Å². The normalized spacial score (nSPS) is 39.3. The fourth-order valence-electron chi connectivity index (χ4n) is 3.85. The van der Waals surface area contributed by atoms with E-state index in [1.807, 2.05) is 0 Å². The highest BCUT2D eigenvalue weighted by Gasteiger charge is 2.36. The van der Waals surface area contributed by atoms with Crippen molar-refractivity contribution in [3.63, 3.8) is 0 Å². The Morgan fingerprint density at radius 1 is 1.22 bits per heavy atom. The molecular weight excluding hydrogens is 222 g/mol. The van der Waals surface area contributed by atoms with Gasteiger partial charge < -0.3 is 5.32 Å². The fraction of sp³-hybridized carbons (Fsp3) is 1.00. The van der Waals surface area contributed by atoms with Crippen molar-refractivity contribution in [1.82, 2.24) is 15.1 Å². The molecule has 0 radical (unpaired) electrons. The Bertz CT molecular complexity index is 248. The highest BCUT2D eigenvalue weighted by molar-refractivity contribution is 4.97. The van der Waals surface area contributed by atoms with Crippen molar-refractivity contribution in [2.75, 3.05) is 33.2 Å². The van der Waals surface area contributed by atoms with Crippen molar-refractivity contribution in [1.29, 1.82) is 0 Å². The van der Waals surface area contributed by atoms with E-state index in [1.54, 1.807) is 0 Å². The summed E-state index contributed by atoms with van der Waals surface area (Å²) in [4.78, 5) is 5.22. The minimum atomic E-state index is 0.421. The van der Waals surface area contributed by atoms with Crippen molar-refractivity contribution >= 4 is 0 Å². The Balaban J connectivity index is 1.95. The van der Waals surface area contributed by atoms with E-state index < -0.39 is 0 Å². The van der Waals surface area contributed by atoms with Crippen LogP contribution in [0.2, 0.25) is 0 Å². The number of piperazine rings is 1. The van der Waals surface area contributed by atoms with Crippen LogP contribution in [0.25, 0.3) is 0 Å². The number of hydrogen-bond acceptors (Lipinski definition) is 3. The van der Waals surface area contributed by atoms with Gasteiger partial charge in [-0.15, -0.1) is 0 Å². The van der Waals surface area contributed by atoms with Crippen LogP contribution in [0.1, 0.15) is 46.5 Å². The average molecular weight is 253 g/mol. The van der Waals surface area contributed by atoms with E-state index in [2.05, 4.69) is 42.9 Å². The molecule has 2 rings (SSSR count). The summed E-state index contributed by atoms with van der Waals surface area (Å²) in [6, 6.07) is 1.38. The summed E-state index contributed by atoms with van der Waals surface area (Å²) < 4.78 is 0. The lowest BCUT2D eigenvalue weighted by Crippen LogP contribution is -2.59. The lowest BCUT2D eigenvalue weighted by molar-refractivity contribution is 0.0420. The van der Waals surface area contributed by atoms with E-state index in [0.29, 0.717) is 17.6 Å². The minimum absolute atomic E-state index is 0.421. The molecule has 3 atom stereocenters.